The van der Waals surface area contributed by atoms with Crippen molar-refractivity contribution in [3.8, 4) is 0 Å². The zero-order valence-corrected chi connectivity index (χ0v) is 18.2. The fraction of sp³-hybridized carbons (Fsp3) is 0.632. The Kier molecular flexibility index (Phi) is 11.1. The van der Waals surface area contributed by atoms with E-state index >= 15 is 0 Å². The standard InChI is InChI=1S/C19H33N5.HI/c1-4-20-19(22-16-18-9-7-6-8-10-18)21-15-17(3)24-13-11-23(5-2)12-14-24;/h6-10,17H,4-5,11-16H2,1-3H3,(H2,20,21,22);1H. The third-order valence-corrected chi connectivity index (χ3v) is 4.65. The average Bonchev–Trinajstić information content (AvgIpc) is 2.64. The second-order valence-corrected chi connectivity index (χ2v) is 6.38. The SMILES string of the molecule is CCNC(=NCc1ccccc1)NCC(C)N1CCN(CC)CC1.I. The van der Waals surface area contributed by atoms with Crippen LogP contribution >= 0.6 is 24.0 Å². The van der Waals surface area contributed by atoms with Crippen molar-refractivity contribution in [1.82, 2.24) is 20.4 Å². The monoisotopic (exact) mass is 459 g/mol. The molecule has 0 amide bonds. The van der Waals surface area contributed by atoms with E-state index in [1.165, 1.54) is 18.7 Å². The van der Waals surface area contributed by atoms with Crippen molar-refractivity contribution >= 4 is 29.9 Å². The number of nitrogens with zero attached hydrogens (tertiary/aromatic N) is 3. The average molecular weight is 459 g/mol. The van der Waals surface area contributed by atoms with Crippen LogP contribution in [0.5, 0.6) is 0 Å². The van der Waals surface area contributed by atoms with Gasteiger partial charge in [-0.25, -0.2) is 4.99 Å². The molecular formula is C19H34IN5. The Labute approximate surface area is 170 Å². The summed E-state index contributed by atoms with van der Waals surface area (Å²) >= 11 is 0. The van der Waals surface area contributed by atoms with Gasteiger partial charge in [-0.05, 0) is 26.0 Å². The van der Waals surface area contributed by atoms with Crippen LogP contribution in [0.25, 0.3) is 0 Å². The minimum absolute atomic E-state index is 0. The molecule has 1 unspecified atom stereocenters. The van der Waals surface area contributed by atoms with Gasteiger partial charge in [-0.15, -0.1) is 24.0 Å². The lowest BCUT2D eigenvalue weighted by Crippen LogP contribution is -2.53. The molecule has 0 radical (unpaired) electrons. The first-order valence-electron chi connectivity index (χ1n) is 9.25. The largest absolute Gasteiger partial charge is 0.357 e. The third-order valence-electron chi connectivity index (χ3n) is 4.65. The van der Waals surface area contributed by atoms with E-state index in [1.54, 1.807) is 0 Å². The summed E-state index contributed by atoms with van der Waals surface area (Å²) in [6.45, 7) is 15.0. The number of rotatable bonds is 7. The van der Waals surface area contributed by atoms with E-state index in [2.05, 4.69) is 65.5 Å². The number of hydrogen-bond donors (Lipinski definition) is 2. The molecule has 1 atom stereocenters. The zero-order valence-electron chi connectivity index (χ0n) is 15.9. The van der Waals surface area contributed by atoms with Crippen LogP contribution in [0.15, 0.2) is 35.3 Å². The van der Waals surface area contributed by atoms with E-state index in [-0.39, 0.29) is 24.0 Å². The van der Waals surface area contributed by atoms with Crippen LogP contribution in [0.1, 0.15) is 26.3 Å². The molecule has 0 spiro atoms. The Hall–Kier alpha value is -0.860. The van der Waals surface area contributed by atoms with E-state index in [1.807, 2.05) is 6.07 Å². The highest BCUT2D eigenvalue weighted by atomic mass is 127. The van der Waals surface area contributed by atoms with Crippen molar-refractivity contribution in [1.29, 1.82) is 0 Å². The minimum Gasteiger partial charge on any atom is -0.357 e. The number of aliphatic imine (C=N–C) groups is 1. The maximum absolute atomic E-state index is 4.69. The van der Waals surface area contributed by atoms with Crippen LogP contribution in [0.4, 0.5) is 0 Å². The maximum Gasteiger partial charge on any atom is 0.191 e. The number of likely N-dealkylation sites (N-methyl/N-ethyl adjacent to an activating group) is 1. The van der Waals surface area contributed by atoms with Crippen molar-refractivity contribution in [3.63, 3.8) is 0 Å². The molecule has 1 fully saturated rings. The topological polar surface area (TPSA) is 42.9 Å². The molecule has 1 heterocycles. The van der Waals surface area contributed by atoms with Gasteiger partial charge in [0.15, 0.2) is 5.96 Å². The lowest BCUT2D eigenvalue weighted by Gasteiger charge is -2.37. The second kappa shape index (κ2) is 12.5. The van der Waals surface area contributed by atoms with Crippen molar-refractivity contribution in [2.45, 2.75) is 33.4 Å². The van der Waals surface area contributed by atoms with Gasteiger partial charge in [-0.3, -0.25) is 4.90 Å². The van der Waals surface area contributed by atoms with Gasteiger partial charge in [0.25, 0.3) is 0 Å². The highest BCUT2D eigenvalue weighted by Gasteiger charge is 2.20. The van der Waals surface area contributed by atoms with E-state index in [9.17, 15) is 0 Å². The van der Waals surface area contributed by atoms with Crippen LogP contribution < -0.4 is 10.6 Å². The Morgan fingerprint density at radius 2 is 1.76 bits per heavy atom. The van der Waals surface area contributed by atoms with Gasteiger partial charge in [0.1, 0.15) is 0 Å². The Morgan fingerprint density at radius 3 is 2.36 bits per heavy atom. The number of halogens is 1. The minimum atomic E-state index is 0. The van der Waals surface area contributed by atoms with Gasteiger partial charge in [-0.2, -0.15) is 0 Å². The molecule has 5 nitrogen and oxygen atoms in total. The molecule has 1 aliphatic heterocycles. The molecule has 6 heteroatoms. The number of guanidine groups is 1. The maximum atomic E-state index is 4.69. The second-order valence-electron chi connectivity index (χ2n) is 6.38. The van der Waals surface area contributed by atoms with E-state index in [0.29, 0.717) is 12.6 Å². The summed E-state index contributed by atoms with van der Waals surface area (Å²) in [5, 5.41) is 6.84. The predicted molar refractivity (Wildman–Crippen MR) is 118 cm³/mol. The summed E-state index contributed by atoms with van der Waals surface area (Å²) in [5.41, 5.74) is 1.23. The van der Waals surface area contributed by atoms with Crippen molar-refractivity contribution in [2.24, 2.45) is 4.99 Å². The predicted octanol–water partition coefficient (Wildman–Crippen LogP) is 2.39. The van der Waals surface area contributed by atoms with Crippen LogP contribution in [0, 0.1) is 0 Å². The van der Waals surface area contributed by atoms with Crippen molar-refractivity contribution < 1.29 is 0 Å². The van der Waals surface area contributed by atoms with Gasteiger partial charge in [0, 0.05) is 45.3 Å². The van der Waals surface area contributed by atoms with E-state index in [0.717, 1.165) is 38.7 Å². The summed E-state index contributed by atoms with van der Waals surface area (Å²) in [5.74, 6) is 0.903. The normalized spacial score (nSPS) is 17.6. The molecule has 142 valence electrons. The molecule has 0 bridgehead atoms. The molecule has 2 N–H and O–H groups in total. The Balaban J connectivity index is 0.00000312. The summed E-state index contributed by atoms with van der Waals surface area (Å²) < 4.78 is 0. The van der Waals surface area contributed by atoms with Gasteiger partial charge in [-0.1, -0.05) is 37.3 Å². The number of nitrogens with one attached hydrogen (secondary N) is 2. The Morgan fingerprint density at radius 1 is 1.08 bits per heavy atom. The van der Waals surface area contributed by atoms with Crippen LogP contribution in [0.2, 0.25) is 0 Å². The first-order chi connectivity index (χ1) is 11.7. The molecule has 0 saturated carbocycles. The molecule has 1 aliphatic rings. The van der Waals surface area contributed by atoms with Gasteiger partial charge >= 0.3 is 0 Å². The summed E-state index contributed by atoms with van der Waals surface area (Å²) in [7, 11) is 0. The van der Waals surface area contributed by atoms with Crippen LogP contribution in [-0.4, -0.2) is 67.6 Å². The van der Waals surface area contributed by atoms with Crippen LogP contribution in [-0.2, 0) is 6.54 Å². The molecule has 0 aliphatic carbocycles. The van der Waals surface area contributed by atoms with Crippen molar-refractivity contribution in [3.05, 3.63) is 35.9 Å². The van der Waals surface area contributed by atoms with Gasteiger partial charge in [0.05, 0.1) is 6.54 Å². The highest BCUT2D eigenvalue weighted by molar-refractivity contribution is 14.0. The first-order valence-corrected chi connectivity index (χ1v) is 9.25. The number of benzene rings is 1. The fourth-order valence-electron chi connectivity index (χ4n) is 2.99. The summed E-state index contributed by atoms with van der Waals surface area (Å²) in [6.07, 6.45) is 0. The zero-order chi connectivity index (χ0) is 17.2. The molecule has 1 saturated heterocycles. The van der Waals surface area contributed by atoms with Gasteiger partial charge in [0.2, 0.25) is 0 Å². The molecule has 25 heavy (non-hydrogen) atoms. The van der Waals surface area contributed by atoms with E-state index in [4.69, 9.17) is 4.99 Å². The molecule has 2 rings (SSSR count). The fourth-order valence-corrected chi connectivity index (χ4v) is 2.99. The lowest BCUT2D eigenvalue weighted by molar-refractivity contribution is 0.107. The molecule has 0 aromatic heterocycles. The van der Waals surface area contributed by atoms with Crippen molar-refractivity contribution in [2.75, 3.05) is 45.8 Å². The summed E-state index contributed by atoms with van der Waals surface area (Å²) in [6, 6.07) is 10.9. The lowest BCUT2D eigenvalue weighted by atomic mass is 10.2. The molecule has 1 aromatic rings. The number of piperazine rings is 1. The third kappa shape index (κ3) is 7.92. The van der Waals surface area contributed by atoms with Gasteiger partial charge < -0.3 is 15.5 Å². The Bertz CT molecular complexity index is 486. The van der Waals surface area contributed by atoms with E-state index < -0.39 is 0 Å². The summed E-state index contributed by atoms with van der Waals surface area (Å²) in [4.78, 5) is 9.78. The quantitative estimate of drug-likeness (QED) is 0.374. The van der Waals surface area contributed by atoms with Crippen LogP contribution in [0.3, 0.4) is 0 Å². The smallest absolute Gasteiger partial charge is 0.191 e. The molecule has 1 aromatic carbocycles. The number of hydrogen-bond acceptors (Lipinski definition) is 3. The first kappa shape index (κ1) is 22.2. The highest BCUT2D eigenvalue weighted by Crippen LogP contribution is 2.05. The molecular weight excluding hydrogens is 425 g/mol.